The quantitative estimate of drug-likeness (QED) is 0.870. The highest BCUT2D eigenvalue weighted by Crippen LogP contribution is 2.21. The third-order valence-electron chi connectivity index (χ3n) is 2.79. The van der Waals surface area contributed by atoms with E-state index in [0.717, 1.165) is 17.1 Å². The minimum absolute atomic E-state index is 0.137. The van der Waals surface area contributed by atoms with E-state index >= 15 is 0 Å². The Balaban J connectivity index is 2.73. The molecule has 0 aliphatic heterocycles. The lowest BCUT2D eigenvalue weighted by molar-refractivity contribution is -0.124. The summed E-state index contributed by atoms with van der Waals surface area (Å²) in [4.78, 5) is 11.7. The Kier molecular flexibility index (Phi) is 4.33. The standard InChI is InChI=1S/C13H18N2O2/c1-5-11(7-14)13(16)15-9(3)12-6-8(2)17-10(12)4/h6,9,11H,5H2,1-4H3,(H,15,16). The van der Waals surface area contributed by atoms with Crippen LogP contribution in [0.4, 0.5) is 0 Å². The number of furan rings is 1. The van der Waals surface area contributed by atoms with Crippen molar-refractivity contribution in [3.63, 3.8) is 0 Å². The number of carbonyl (C=O) groups is 1. The first-order valence-electron chi connectivity index (χ1n) is 5.76. The van der Waals surface area contributed by atoms with Crippen LogP contribution in [0.25, 0.3) is 0 Å². The summed E-state index contributed by atoms with van der Waals surface area (Å²) in [5, 5.41) is 11.6. The molecule has 0 spiro atoms. The molecule has 2 atom stereocenters. The molecule has 1 rings (SSSR count). The number of nitrogens with one attached hydrogen (secondary N) is 1. The normalized spacial score (nSPS) is 13.8. The van der Waals surface area contributed by atoms with E-state index in [-0.39, 0.29) is 11.9 Å². The van der Waals surface area contributed by atoms with Gasteiger partial charge in [-0.05, 0) is 33.3 Å². The lowest BCUT2D eigenvalue weighted by Gasteiger charge is -2.15. The van der Waals surface area contributed by atoms with E-state index in [0.29, 0.717) is 6.42 Å². The van der Waals surface area contributed by atoms with Crippen LogP contribution in [0.3, 0.4) is 0 Å². The third kappa shape index (κ3) is 3.10. The topological polar surface area (TPSA) is 66.0 Å². The number of nitriles is 1. The van der Waals surface area contributed by atoms with Gasteiger partial charge in [0.15, 0.2) is 0 Å². The second-order valence-corrected chi connectivity index (χ2v) is 4.19. The first kappa shape index (κ1) is 13.3. The Morgan fingerprint density at radius 1 is 1.59 bits per heavy atom. The molecule has 0 saturated carbocycles. The highest BCUT2D eigenvalue weighted by atomic mass is 16.3. The molecule has 0 aliphatic carbocycles. The van der Waals surface area contributed by atoms with Crippen molar-refractivity contribution in [2.24, 2.45) is 5.92 Å². The minimum Gasteiger partial charge on any atom is -0.466 e. The van der Waals surface area contributed by atoms with Crippen LogP contribution in [0.2, 0.25) is 0 Å². The van der Waals surface area contributed by atoms with E-state index < -0.39 is 5.92 Å². The van der Waals surface area contributed by atoms with Gasteiger partial charge >= 0.3 is 0 Å². The molecule has 0 saturated heterocycles. The van der Waals surface area contributed by atoms with Crippen LogP contribution in [0.15, 0.2) is 10.5 Å². The number of hydrogen-bond acceptors (Lipinski definition) is 3. The van der Waals surface area contributed by atoms with Crippen molar-refractivity contribution in [1.29, 1.82) is 5.26 Å². The second-order valence-electron chi connectivity index (χ2n) is 4.19. The molecule has 0 aliphatic rings. The number of amides is 1. The monoisotopic (exact) mass is 234 g/mol. The molecule has 1 aromatic rings. The molecule has 4 heteroatoms. The van der Waals surface area contributed by atoms with Crippen molar-refractivity contribution in [2.45, 2.75) is 40.2 Å². The van der Waals surface area contributed by atoms with Crippen LogP contribution in [-0.4, -0.2) is 5.91 Å². The first-order chi connectivity index (χ1) is 7.99. The van der Waals surface area contributed by atoms with Gasteiger partial charge in [-0.1, -0.05) is 6.92 Å². The van der Waals surface area contributed by atoms with Gasteiger partial charge in [-0.15, -0.1) is 0 Å². The van der Waals surface area contributed by atoms with Gasteiger partial charge in [0.2, 0.25) is 5.91 Å². The lowest BCUT2D eigenvalue weighted by atomic mass is 10.1. The summed E-state index contributed by atoms with van der Waals surface area (Å²) in [6.07, 6.45) is 0.526. The van der Waals surface area contributed by atoms with Crippen molar-refractivity contribution >= 4 is 5.91 Å². The van der Waals surface area contributed by atoms with E-state index in [1.807, 2.05) is 39.8 Å². The van der Waals surface area contributed by atoms with Crippen LogP contribution in [0, 0.1) is 31.1 Å². The van der Waals surface area contributed by atoms with Crippen LogP contribution < -0.4 is 5.32 Å². The summed E-state index contributed by atoms with van der Waals surface area (Å²) in [5.74, 6) is 0.831. The van der Waals surface area contributed by atoms with Crippen molar-refractivity contribution in [1.82, 2.24) is 5.32 Å². The van der Waals surface area contributed by atoms with Crippen molar-refractivity contribution in [3.8, 4) is 6.07 Å². The molecular weight excluding hydrogens is 216 g/mol. The molecule has 0 radical (unpaired) electrons. The highest BCUT2D eigenvalue weighted by molar-refractivity contribution is 5.81. The SMILES string of the molecule is CCC(C#N)C(=O)NC(C)c1cc(C)oc1C. The van der Waals surface area contributed by atoms with Gasteiger partial charge in [0.05, 0.1) is 12.1 Å². The molecule has 0 bridgehead atoms. The largest absolute Gasteiger partial charge is 0.466 e. The molecule has 0 fully saturated rings. The van der Waals surface area contributed by atoms with E-state index in [1.54, 1.807) is 0 Å². The maximum Gasteiger partial charge on any atom is 0.237 e. The average molecular weight is 234 g/mol. The summed E-state index contributed by atoms with van der Waals surface area (Å²) in [5.41, 5.74) is 0.962. The molecule has 0 aromatic carbocycles. The molecule has 1 amide bonds. The summed E-state index contributed by atoms with van der Waals surface area (Å²) in [6, 6.07) is 3.77. The van der Waals surface area contributed by atoms with E-state index in [9.17, 15) is 4.79 Å². The molecule has 1 N–H and O–H groups in total. The Bertz CT molecular complexity index is 443. The summed E-state index contributed by atoms with van der Waals surface area (Å²) < 4.78 is 5.41. The van der Waals surface area contributed by atoms with E-state index in [1.165, 1.54) is 0 Å². The van der Waals surface area contributed by atoms with Gasteiger partial charge in [0.25, 0.3) is 0 Å². The summed E-state index contributed by atoms with van der Waals surface area (Å²) in [6.45, 7) is 7.45. The van der Waals surface area contributed by atoms with E-state index in [2.05, 4.69) is 5.32 Å². The van der Waals surface area contributed by atoms with Crippen molar-refractivity contribution in [3.05, 3.63) is 23.2 Å². The third-order valence-corrected chi connectivity index (χ3v) is 2.79. The number of carbonyl (C=O) groups excluding carboxylic acids is 1. The number of hydrogen-bond donors (Lipinski definition) is 1. The smallest absolute Gasteiger partial charge is 0.237 e. The summed E-state index contributed by atoms with van der Waals surface area (Å²) >= 11 is 0. The molecular formula is C13H18N2O2. The fraction of sp³-hybridized carbons (Fsp3) is 0.538. The molecule has 17 heavy (non-hydrogen) atoms. The van der Waals surface area contributed by atoms with Crippen LogP contribution in [0.1, 0.15) is 43.4 Å². The van der Waals surface area contributed by atoms with Crippen molar-refractivity contribution in [2.75, 3.05) is 0 Å². The maximum atomic E-state index is 11.7. The second kappa shape index (κ2) is 5.53. The minimum atomic E-state index is -0.578. The van der Waals surface area contributed by atoms with Gasteiger partial charge in [0, 0.05) is 5.56 Å². The molecule has 92 valence electrons. The van der Waals surface area contributed by atoms with Crippen LogP contribution in [0.5, 0.6) is 0 Å². The highest BCUT2D eigenvalue weighted by Gasteiger charge is 2.20. The van der Waals surface area contributed by atoms with Gasteiger partial charge in [-0.3, -0.25) is 4.79 Å². The Labute approximate surface area is 102 Å². The fourth-order valence-electron chi connectivity index (χ4n) is 1.81. The van der Waals surface area contributed by atoms with Gasteiger partial charge in [-0.25, -0.2) is 0 Å². The van der Waals surface area contributed by atoms with Crippen LogP contribution in [-0.2, 0) is 4.79 Å². The molecule has 4 nitrogen and oxygen atoms in total. The molecule has 2 unspecified atom stereocenters. The summed E-state index contributed by atoms with van der Waals surface area (Å²) in [7, 11) is 0. The number of nitrogens with zero attached hydrogens (tertiary/aromatic N) is 1. The lowest BCUT2D eigenvalue weighted by Crippen LogP contribution is -2.32. The Morgan fingerprint density at radius 2 is 2.24 bits per heavy atom. The maximum absolute atomic E-state index is 11.7. The van der Waals surface area contributed by atoms with Gasteiger partial charge in [-0.2, -0.15) is 5.26 Å². The number of aryl methyl sites for hydroxylation is 2. The van der Waals surface area contributed by atoms with Gasteiger partial charge in [0.1, 0.15) is 17.4 Å². The van der Waals surface area contributed by atoms with Gasteiger partial charge < -0.3 is 9.73 Å². The Hall–Kier alpha value is -1.76. The zero-order valence-electron chi connectivity index (χ0n) is 10.7. The first-order valence-corrected chi connectivity index (χ1v) is 5.76. The van der Waals surface area contributed by atoms with E-state index in [4.69, 9.17) is 9.68 Å². The average Bonchev–Trinajstić information content (AvgIpc) is 2.59. The molecule has 1 heterocycles. The van der Waals surface area contributed by atoms with Crippen molar-refractivity contribution < 1.29 is 9.21 Å². The predicted octanol–water partition coefficient (Wildman–Crippen LogP) is 2.62. The zero-order chi connectivity index (χ0) is 13.0. The Morgan fingerprint density at radius 3 is 2.65 bits per heavy atom. The number of rotatable bonds is 4. The zero-order valence-corrected chi connectivity index (χ0v) is 10.7. The predicted molar refractivity (Wildman–Crippen MR) is 64.1 cm³/mol. The van der Waals surface area contributed by atoms with Crippen LogP contribution >= 0.6 is 0 Å². The molecule has 1 aromatic heterocycles. The fourth-order valence-corrected chi connectivity index (χ4v) is 1.81.